The number of halogens is 4. The van der Waals surface area contributed by atoms with E-state index in [0.29, 0.717) is 4.47 Å². The fourth-order valence-corrected chi connectivity index (χ4v) is 3.22. The van der Waals surface area contributed by atoms with E-state index in [4.69, 9.17) is 5.73 Å². The summed E-state index contributed by atoms with van der Waals surface area (Å²) in [5.41, 5.74) is 5.50. The molecule has 1 rings (SSSR count). The zero-order valence-electron chi connectivity index (χ0n) is 9.83. The van der Waals surface area contributed by atoms with Crippen molar-refractivity contribution in [3.63, 3.8) is 0 Å². The predicted octanol–water partition coefficient (Wildman–Crippen LogP) is 2.65. The molecule has 1 aromatic carbocycles. The van der Waals surface area contributed by atoms with Gasteiger partial charge in [-0.1, -0.05) is 15.9 Å². The average Bonchev–Trinajstić information content (AvgIpc) is 2.11. The summed E-state index contributed by atoms with van der Waals surface area (Å²) in [7, 11) is -4.08. The molecule has 0 aliphatic heterocycles. The molecule has 0 aliphatic carbocycles. The second-order valence-corrected chi connectivity index (χ2v) is 6.62. The third-order valence-electron chi connectivity index (χ3n) is 2.16. The van der Waals surface area contributed by atoms with Crippen LogP contribution in [0.3, 0.4) is 0 Å². The first kappa shape index (κ1) is 16.3. The van der Waals surface area contributed by atoms with Crippen molar-refractivity contribution in [2.24, 2.45) is 0 Å². The Hall–Kier alpha value is -0.800. The van der Waals surface area contributed by atoms with E-state index < -0.39 is 28.7 Å². The molecule has 3 N–H and O–H groups in total. The molecule has 0 saturated heterocycles. The normalized spacial score (nSPS) is 14.4. The zero-order chi connectivity index (χ0) is 14.8. The van der Waals surface area contributed by atoms with Crippen LogP contribution in [0.25, 0.3) is 0 Å². The second-order valence-electron chi connectivity index (χ2n) is 4.02. The van der Waals surface area contributed by atoms with Crippen molar-refractivity contribution in [3.05, 3.63) is 22.7 Å². The fraction of sp³-hybridized carbons (Fsp3) is 0.400. The van der Waals surface area contributed by atoms with Gasteiger partial charge in [0.15, 0.2) is 0 Å². The van der Waals surface area contributed by atoms with E-state index in [-0.39, 0.29) is 10.6 Å². The smallest absolute Gasteiger partial charge is 0.390 e. The molecule has 1 aromatic rings. The van der Waals surface area contributed by atoms with Crippen LogP contribution in [0.4, 0.5) is 18.9 Å². The molecule has 0 fully saturated rings. The first-order valence-corrected chi connectivity index (χ1v) is 7.43. The van der Waals surface area contributed by atoms with Crippen molar-refractivity contribution in [1.29, 1.82) is 0 Å². The summed E-state index contributed by atoms with van der Waals surface area (Å²) in [5, 5.41) is 0. The summed E-state index contributed by atoms with van der Waals surface area (Å²) < 4.78 is 62.7. The van der Waals surface area contributed by atoms with Crippen LogP contribution >= 0.6 is 15.9 Å². The first-order chi connectivity index (χ1) is 8.51. The molecule has 0 saturated carbocycles. The summed E-state index contributed by atoms with van der Waals surface area (Å²) >= 11 is 3.11. The molecule has 0 spiro atoms. The van der Waals surface area contributed by atoms with Crippen molar-refractivity contribution >= 4 is 31.6 Å². The van der Waals surface area contributed by atoms with E-state index >= 15 is 0 Å². The summed E-state index contributed by atoms with van der Waals surface area (Å²) in [6, 6.07) is 2.76. The number of hydrogen-bond acceptors (Lipinski definition) is 3. The van der Waals surface area contributed by atoms with Gasteiger partial charge in [-0.15, -0.1) is 0 Å². The maximum Gasteiger partial charge on any atom is 0.390 e. The van der Waals surface area contributed by atoms with Gasteiger partial charge in [-0.25, -0.2) is 13.1 Å². The minimum Gasteiger partial charge on any atom is -0.398 e. The van der Waals surface area contributed by atoms with Gasteiger partial charge in [0, 0.05) is 10.5 Å². The average molecular weight is 361 g/mol. The summed E-state index contributed by atoms with van der Waals surface area (Å²) in [6.45, 7) is 1.14. The lowest BCUT2D eigenvalue weighted by molar-refractivity contribution is -0.137. The minimum absolute atomic E-state index is 0.0407. The molecule has 0 heterocycles. The van der Waals surface area contributed by atoms with E-state index in [1.54, 1.807) is 0 Å². The molecule has 0 radical (unpaired) electrons. The Kier molecular flexibility index (Phi) is 4.86. The van der Waals surface area contributed by atoms with Crippen LogP contribution < -0.4 is 10.5 Å². The molecule has 19 heavy (non-hydrogen) atoms. The molecular weight excluding hydrogens is 349 g/mol. The lowest BCUT2D eigenvalue weighted by atomic mass is 10.2. The lowest BCUT2D eigenvalue weighted by Gasteiger charge is -2.16. The SMILES string of the molecule is CC(CC(F)(F)F)NS(=O)(=O)c1ccc(Br)cc1N. The number of rotatable bonds is 4. The van der Waals surface area contributed by atoms with Gasteiger partial charge in [0.25, 0.3) is 0 Å². The van der Waals surface area contributed by atoms with Crippen LogP contribution in [-0.2, 0) is 10.0 Å². The lowest BCUT2D eigenvalue weighted by Crippen LogP contribution is -2.36. The Morgan fingerprint density at radius 3 is 2.47 bits per heavy atom. The number of benzene rings is 1. The molecule has 0 amide bonds. The van der Waals surface area contributed by atoms with Gasteiger partial charge in [0.1, 0.15) is 4.90 Å². The molecule has 1 unspecified atom stereocenters. The Morgan fingerprint density at radius 1 is 1.42 bits per heavy atom. The monoisotopic (exact) mass is 360 g/mol. The molecule has 9 heteroatoms. The van der Waals surface area contributed by atoms with E-state index in [1.807, 2.05) is 4.72 Å². The molecule has 108 valence electrons. The van der Waals surface area contributed by atoms with Gasteiger partial charge < -0.3 is 5.73 Å². The highest BCUT2D eigenvalue weighted by molar-refractivity contribution is 9.10. The van der Waals surface area contributed by atoms with Crippen LogP contribution in [0.2, 0.25) is 0 Å². The zero-order valence-corrected chi connectivity index (χ0v) is 12.2. The van der Waals surface area contributed by atoms with Gasteiger partial charge in [-0.3, -0.25) is 0 Å². The Bertz CT molecular complexity index is 560. The van der Waals surface area contributed by atoms with Crippen molar-refractivity contribution in [2.45, 2.75) is 30.5 Å². The maximum atomic E-state index is 12.2. The van der Waals surface area contributed by atoms with E-state index in [2.05, 4.69) is 15.9 Å². The van der Waals surface area contributed by atoms with Crippen LogP contribution in [0, 0.1) is 0 Å². The topological polar surface area (TPSA) is 72.2 Å². The Balaban J connectivity index is 2.93. The molecule has 0 aromatic heterocycles. The Morgan fingerprint density at radius 2 is 2.00 bits per heavy atom. The van der Waals surface area contributed by atoms with Gasteiger partial charge in [-0.2, -0.15) is 13.2 Å². The number of alkyl halides is 3. The number of anilines is 1. The van der Waals surface area contributed by atoms with Crippen LogP contribution in [0.1, 0.15) is 13.3 Å². The first-order valence-electron chi connectivity index (χ1n) is 5.15. The minimum atomic E-state index is -4.44. The van der Waals surface area contributed by atoms with Gasteiger partial charge in [0.2, 0.25) is 10.0 Å². The van der Waals surface area contributed by atoms with E-state index in [1.165, 1.54) is 18.2 Å². The van der Waals surface area contributed by atoms with Crippen molar-refractivity contribution in [2.75, 3.05) is 5.73 Å². The molecule has 0 bridgehead atoms. The fourth-order valence-electron chi connectivity index (χ4n) is 1.48. The second kappa shape index (κ2) is 5.68. The highest BCUT2D eigenvalue weighted by Crippen LogP contribution is 2.25. The van der Waals surface area contributed by atoms with Gasteiger partial charge in [0.05, 0.1) is 12.1 Å². The number of nitrogens with two attached hydrogens (primary N) is 1. The van der Waals surface area contributed by atoms with Crippen molar-refractivity contribution in [1.82, 2.24) is 4.72 Å². The molecule has 0 aliphatic rings. The van der Waals surface area contributed by atoms with Gasteiger partial charge in [-0.05, 0) is 25.1 Å². The Labute approximate surface area is 117 Å². The highest BCUT2D eigenvalue weighted by atomic mass is 79.9. The number of nitrogens with one attached hydrogen (secondary N) is 1. The third-order valence-corrected chi connectivity index (χ3v) is 4.31. The molecule has 4 nitrogen and oxygen atoms in total. The van der Waals surface area contributed by atoms with E-state index in [9.17, 15) is 21.6 Å². The summed E-state index contributed by atoms with van der Waals surface area (Å²) in [4.78, 5) is -0.246. The molecule has 1 atom stereocenters. The predicted molar refractivity (Wildman–Crippen MR) is 69.0 cm³/mol. The van der Waals surface area contributed by atoms with Gasteiger partial charge >= 0.3 is 6.18 Å². The van der Waals surface area contributed by atoms with Crippen LogP contribution in [0.5, 0.6) is 0 Å². The number of nitrogen functional groups attached to an aromatic ring is 1. The third kappa shape index (κ3) is 5.00. The van der Waals surface area contributed by atoms with E-state index in [0.717, 1.165) is 6.92 Å². The maximum absolute atomic E-state index is 12.2. The largest absolute Gasteiger partial charge is 0.398 e. The summed E-state index contributed by atoms with van der Waals surface area (Å²) in [5.74, 6) is 0. The number of sulfonamides is 1. The van der Waals surface area contributed by atoms with Crippen molar-refractivity contribution < 1.29 is 21.6 Å². The van der Waals surface area contributed by atoms with Crippen LogP contribution in [-0.4, -0.2) is 20.6 Å². The standard InChI is InChI=1S/C10H12BrF3N2O2S/c1-6(5-10(12,13)14)16-19(17,18)9-3-2-7(11)4-8(9)15/h2-4,6,16H,5,15H2,1H3. The van der Waals surface area contributed by atoms with Crippen molar-refractivity contribution in [3.8, 4) is 0 Å². The molecular formula is C10H12BrF3N2O2S. The van der Waals surface area contributed by atoms with Crippen LogP contribution in [0.15, 0.2) is 27.6 Å². The quantitative estimate of drug-likeness (QED) is 0.810. The number of hydrogen-bond donors (Lipinski definition) is 2. The summed E-state index contributed by atoms with van der Waals surface area (Å²) in [6.07, 6.45) is -5.68. The highest BCUT2D eigenvalue weighted by Gasteiger charge is 2.32.